The highest BCUT2D eigenvalue weighted by Gasteiger charge is 2.32. The number of likely N-dealkylation sites (N-methyl/N-ethyl adjacent to an activating group) is 1. The zero-order valence-corrected chi connectivity index (χ0v) is 28.8. The standard InChI is InChI=1S/C35H44ClN3O7S/c1-24-21-39(25(2)23-40)35(42)31-20-29(37-34(41)27-11-6-5-7-12-27)15-18-32(31)46-26(3)10-8-9-19-45-33(24)22-38(4)47(43,44)30-16-13-28(36)14-17-30/h5-7,11-18,20,24-26,33,40H,8-10,19,21-23H2,1-4H3,(H,37,41)/t24-,25-,26-,33+/m0/s1. The van der Waals surface area contributed by atoms with Crippen molar-refractivity contribution in [1.82, 2.24) is 9.21 Å². The number of sulfonamides is 1. The van der Waals surface area contributed by atoms with Crippen molar-refractivity contribution in [2.45, 2.75) is 63.2 Å². The first kappa shape index (κ1) is 36.4. The van der Waals surface area contributed by atoms with Crippen LogP contribution in [-0.4, -0.2) is 86.1 Å². The summed E-state index contributed by atoms with van der Waals surface area (Å²) < 4.78 is 40.7. The molecule has 0 aliphatic carbocycles. The SMILES string of the molecule is C[C@H]1CCCCO[C@H](CN(C)S(=O)(=O)c2ccc(Cl)cc2)[C@@H](C)CN([C@@H](C)CO)C(=O)c2cc(NC(=O)c3ccccc3)ccc2O1. The molecule has 1 aliphatic rings. The molecule has 0 fully saturated rings. The molecule has 1 heterocycles. The van der Waals surface area contributed by atoms with Crippen LogP contribution in [-0.2, 0) is 14.8 Å². The Morgan fingerprint density at radius 3 is 2.47 bits per heavy atom. The van der Waals surface area contributed by atoms with E-state index in [1.54, 1.807) is 54.3 Å². The molecule has 1 aliphatic heterocycles. The van der Waals surface area contributed by atoms with Crippen molar-refractivity contribution in [3.05, 3.63) is 88.9 Å². The predicted octanol–water partition coefficient (Wildman–Crippen LogP) is 5.71. The minimum Gasteiger partial charge on any atom is -0.490 e. The number of aliphatic hydroxyl groups excluding tert-OH is 1. The summed E-state index contributed by atoms with van der Waals surface area (Å²) in [6.45, 7) is 5.89. The number of carbonyl (C=O) groups excluding carboxylic acids is 2. The molecule has 0 saturated carbocycles. The van der Waals surface area contributed by atoms with Gasteiger partial charge < -0.3 is 24.8 Å². The number of hydrogen-bond donors (Lipinski definition) is 2. The van der Waals surface area contributed by atoms with Gasteiger partial charge in [0, 0.05) is 48.9 Å². The smallest absolute Gasteiger partial charge is 0.258 e. The molecule has 0 saturated heterocycles. The number of anilines is 1. The molecule has 47 heavy (non-hydrogen) atoms. The first-order chi connectivity index (χ1) is 22.4. The van der Waals surface area contributed by atoms with Crippen molar-refractivity contribution in [3.8, 4) is 5.75 Å². The molecule has 0 aromatic heterocycles. The maximum absolute atomic E-state index is 14.3. The summed E-state index contributed by atoms with van der Waals surface area (Å²) in [7, 11) is -2.34. The van der Waals surface area contributed by atoms with Crippen molar-refractivity contribution in [2.24, 2.45) is 5.92 Å². The molecule has 0 unspecified atom stereocenters. The topological polar surface area (TPSA) is 125 Å². The quantitative estimate of drug-likeness (QED) is 0.311. The van der Waals surface area contributed by atoms with Gasteiger partial charge in [0.15, 0.2) is 0 Å². The van der Waals surface area contributed by atoms with Crippen LogP contribution in [0.2, 0.25) is 5.02 Å². The number of carbonyl (C=O) groups is 2. The van der Waals surface area contributed by atoms with Gasteiger partial charge in [-0.05, 0) is 87.7 Å². The summed E-state index contributed by atoms with van der Waals surface area (Å²) >= 11 is 5.98. The van der Waals surface area contributed by atoms with E-state index >= 15 is 0 Å². The van der Waals surface area contributed by atoms with Crippen LogP contribution in [0.15, 0.2) is 77.7 Å². The molecule has 254 valence electrons. The molecule has 3 aromatic rings. The Morgan fingerprint density at radius 2 is 1.79 bits per heavy atom. The van der Waals surface area contributed by atoms with Gasteiger partial charge in [-0.2, -0.15) is 4.31 Å². The van der Waals surface area contributed by atoms with Crippen LogP contribution in [0.5, 0.6) is 5.75 Å². The Bertz CT molecular complexity index is 1610. The van der Waals surface area contributed by atoms with Crippen molar-refractivity contribution >= 4 is 39.1 Å². The van der Waals surface area contributed by atoms with Crippen LogP contribution in [0.25, 0.3) is 0 Å². The molecule has 4 atom stereocenters. The summed E-state index contributed by atoms with van der Waals surface area (Å²) in [6.07, 6.45) is 1.45. The second-order valence-corrected chi connectivity index (χ2v) is 14.6. The molecular weight excluding hydrogens is 642 g/mol. The number of nitrogens with one attached hydrogen (secondary N) is 1. The van der Waals surface area contributed by atoms with E-state index in [4.69, 9.17) is 21.1 Å². The maximum Gasteiger partial charge on any atom is 0.258 e. The summed E-state index contributed by atoms with van der Waals surface area (Å²) in [4.78, 5) is 28.9. The molecule has 10 nitrogen and oxygen atoms in total. The van der Waals surface area contributed by atoms with Gasteiger partial charge in [0.1, 0.15) is 5.75 Å². The van der Waals surface area contributed by atoms with Gasteiger partial charge >= 0.3 is 0 Å². The van der Waals surface area contributed by atoms with Crippen molar-refractivity contribution < 1.29 is 32.6 Å². The molecule has 0 bridgehead atoms. The number of rotatable bonds is 8. The fourth-order valence-electron chi connectivity index (χ4n) is 5.39. The molecule has 0 spiro atoms. The lowest BCUT2D eigenvalue weighted by Crippen LogP contribution is -2.48. The summed E-state index contributed by atoms with van der Waals surface area (Å²) in [5.41, 5.74) is 1.14. The van der Waals surface area contributed by atoms with Gasteiger partial charge in [0.05, 0.1) is 35.3 Å². The molecule has 0 radical (unpaired) electrons. The minimum atomic E-state index is -3.84. The van der Waals surface area contributed by atoms with E-state index in [2.05, 4.69) is 5.32 Å². The minimum absolute atomic E-state index is 0.0490. The number of fused-ring (bicyclic) bond motifs is 1. The summed E-state index contributed by atoms with van der Waals surface area (Å²) in [6, 6.07) is 19.2. The zero-order chi connectivity index (χ0) is 34.1. The lowest BCUT2D eigenvalue weighted by Gasteiger charge is -2.35. The Morgan fingerprint density at radius 1 is 1.09 bits per heavy atom. The zero-order valence-electron chi connectivity index (χ0n) is 27.3. The molecule has 3 aromatic carbocycles. The number of ether oxygens (including phenoxy) is 2. The Kier molecular flexibility index (Phi) is 12.8. The van der Waals surface area contributed by atoms with Crippen LogP contribution in [0.3, 0.4) is 0 Å². The number of benzene rings is 3. The van der Waals surface area contributed by atoms with Crippen LogP contribution < -0.4 is 10.1 Å². The van der Waals surface area contributed by atoms with Gasteiger partial charge in [-0.1, -0.05) is 36.7 Å². The number of nitrogens with zero attached hydrogens (tertiary/aromatic N) is 2. The highest BCUT2D eigenvalue weighted by atomic mass is 35.5. The van der Waals surface area contributed by atoms with Gasteiger partial charge in [0.25, 0.3) is 11.8 Å². The third-order valence-electron chi connectivity index (χ3n) is 8.30. The summed E-state index contributed by atoms with van der Waals surface area (Å²) in [5.74, 6) is -0.668. The first-order valence-corrected chi connectivity index (χ1v) is 17.6. The van der Waals surface area contributed by atoms with E-state index in [1.807, 2.05) is 19.9 Å². The second kappa shape index (κ2) is 16.6. The Hall–Kier alpha value is -3.48. The van der Waals surface area contributed by atoms with Crippen LogP contribution in [0.4, 0.5) is 5.69 Å². The van der Waals surface area contributed by atoms with Gasteiger partial charge in [0.2, 0.25) is 10.0 Å². The van der Waals surface area contributed by atoms with E-state index in [-0.39, 0.29) is 48.1 Å². The van der Waals surface area contributed by atoms with E-state index in [0.29, 0.717) is 35.1 Å². The Balaban J connectivity index is 1.65. The molecule has 4 rings (SSSR count). The third-order valence-corrected chi connectivity index (χ3v) is 10.4. The molecule has 2 N–H and O–H groups in total. The van der Waals surface area contributed by atoms with Crippen LogP contribution in [0.1, 0.15) is 60.7 Å². The van der Waals surface area contributed by atoms with Crippen molar-refractivity contribution in [1.29, 1.82) is 0 Å². The molecule has 2 amide bonds. The summed E-state index contributed by atoms with van der Waals surface area (Å²) in [5, 5.41) is 13.5. The third kappa shape index (κ3) is 9.55. The highest BCUT2D eigenvalue weighted by Crippen LogP contribution is 2.29. The predicted molar refractivity (Wildman–Crippen MR) is 183 cm³/mol. The lowest BCUT2D eigenvalue weighted by molar-refractivity contribution is -0.00834. The number of amides is 2. The monoisotopic (exact) mass is 685 g/mol. The fraction of sp³-hybridized carbons (Fsp3) is 0.429. The van der Waals surface area contributed by atoms with Crippen molar-refractivity contribution in [3.63, 3.8) is 0 Å². The fourth-order valence-corrected chi connectivity index (χ4v) is 6.70. The maximum atomic E-state index is 14.3. The van der Waals surface area contributed by atoms with E-state index in [0.717, 1.165) is 12.8 Å². The van der Waals surface area contributed by atoms with Crippen molar-refractivity contribution in [2.75, 3.05) is 38.7 Å². The number of halogens is 1. The number of aliphatic hydroxyl groups is 1. The largest absolute Gasteiger partial charge is 0.490 e. The van der Waals surface area contributed by atoms with E-state index in [9.17, 15) is 23.1 Å². The van der Waals surface area contributed by atoms with Gasteiger partial charge in [-0.3, -0.25) is 9.59 Å². The van der Waals surface area contributed by atoms with E-state index in [1.165, 1.54) is 35.6 Å². The highest BCUT2D eigenvalue weighted by molar-refractivity contribution is 7.89. The van der Waals surface area contributed by atoms with E-state index < -0.39 is 28.1 Å². The number of hydrogen-bond acceptors (Lipinski definition) is 7. The van der Waals surface area contributed by atoms with Gasteiger partial charge in [-0.15, -0.1) is 0 Å². The molecule has 12 heteroatoms. The van der Waals surface area contributed by atoms with Gasteiger partial charge in [-0.25, -0.2) is 8.42 Å². The average Bonchev–Trinajstić information content (AvgIpc) is 3.06. The Labute approximate surface area is 282 Å². The first-order valence-electron chi connectivity index (χ1n) is 15.8. The second-order valence-electron chi connectivity index (χ2n) is 12.1. The van der Waals surface area contributed by atoms with Crippen LogP contribution in [0, 0.1) is 5.92 Å². The lowest BCUT2D eigenvalue weighted by atomic mass is 10.0. The average molecular weight is 686 g/mol. The van der Waals surface area contributed by atoms with Crippen LogP contribution >= 0.6 is 11.6 Å². The normalized spacial score (nSPS) is 20.5. The molecular formula is C35H44ClN3O7S.